The van der Waals surface area contributed by atoms with Crippen LogP contribution in [0.25, 0.3) is 0 Å². The zero-order valence-electron chi connectivity index (χ0n) is 12.4. The Morgan fingerprint density at radius 1 is 1.43 bits per heavy atom. The second-order valence-corrected chi connectivity index (χ2v) is 4.84. The Kier molecular flexibility index (Phi) is 7.14. The van der Waals surface area contributed by atoms with Gasteiger partial charge in [0.2, 0.25) is 6.10 Å². The standard InChI is InChI=1S/C13H16ClF2N3O4/c1-3-22-12(20)9(6-19(2)17)23-13(21)18-11-8(15)5-4-7(14)10(11)16/h4-5,9H,3,6,17H2,1-2H3,(H,18,21). The Morgan fingerprint density at radius 2 is 2.09 bits per heavy atom. The topological polar surface area (TPSA) is 93.9 Å². The summed E-state index contributed by atoms with van der Waals surface area (Å²) in [5, 5.41) is 2.57. The van der Waals surface area contributed by atoms with E-state index in [9.17, 15) is 18.4 Å². The minimum absolute atomic E-state index is 0.0617. The third kappa shape index (κ3) is 5.62. The van der Waals surface area contributed by atoms with Crippen molar-refractivity contribution in [2.24, 2.45) is 5.84 Å². The summed E-state index contributed by atoms with van der Waals surface area (Å²) in [5.74, 6) is 2.35. The van der Waals surface area contributed by atoms with Crippen LogP contribution in [0.3, 0.4) is 0 Å². The van der Waals surface area contributed by atoms with Crippen molar-refractivity contribution in [2.45, 2.75) is 13.0 Å². The fourth-order valence-corrected chi connectivity index (χ4v) is 1.72. The number of amides is 1. The molecule has 0 heterocycles. The summed E-state index contributed by atoms with van der Waals surface area (Å²) in [6.45, 7) is 1.46. The van der Waals surface area contributed by atoms with E-state index in [0.29, 0.717) is 0 Å². The molecule has 0 aliphatic heterocycles. The molecule has 3 N–H and O–H groups in total. The van der Waals surface area contributed by atoms with Crippen molar-refractivity contribution in [3.63, 3.8) is 0 Å². The van der Waals surface area contributed by atoms with Crippen LogP contribution in [0.1, 0.15) is 6.92 Å². The highest BCUT2D eigenvalue weighted by Gasteiger charge is 2.26. The first-order chi connectivity index (χ1) is 10.8. The Morgan fingerprint density at radius 3 is 2.65 bits per heavy atom. The number of nitrogens with two attached hydrogens (primary N) is 1. The number of anilines is 1. The number of esters is 1. The van der Waals surface area contributed by atoms with Gasteiger partial charge in [0.25, 0.3) is 0 Å². The fraction of sp³-hybridized carbons (Fsp3) is 0.385. The molecule has 128 valence electrons. The largest absolute Gasteiger partial charge is 0.463 e. The van der Waals surface area contributed by atoms with E-state index in [1.807, 2.05) is 5.32 Å². The van der Waals surface area contributed by atoms with Crippen LogP contribution in [0.4, 0.5) is 19.3 Å². The predicted octanol–water partition coefficient (Wildman–Crippen LogP) is 1.90. The van der Waals surface area contributed by atoms with Gasteiger partial charge in [0, 0.05) is 7.05 Å². The van der Waals surface area contributed by atoms with E-state index in [2.05, 4.69) is 0 Å². The van der Waals surface area contributed by atoms with E-state index in [1.54, 1.807) is 6.92 Å². The fourth-order valence-electron chi connectivity index (χ4n) is 1.56. The molecule has 0 aliphatic rings. The lowest BCUT2D eigenvalue weighted by Gasteiger charge is -2.20. The lowest BCUT2D eigenvalue weighted by Crippen LogP contribution is -2.42. The van der Waals surface area contributed by atoms with Crippen LogP contribution in [0.2, 0.25) is 5.02 Å². The lowest BCUT2D eigenvalue weighted by atomic mass is 10.3. The van der Waals surface area contributed by atoms with Gasteiger partial charge in [-0.1, -0.05) is 11.6 Å². The predicted molar refractivity (Wildman–Crippen MR) is 78.7 cm³/mol. The van der Waals surface area contributed by atoms with E-state index in [0.717, 1.165) is 17.1 Å². The Balaban J connectivity index is 2.84. The molecule has 1 aromatic carbocycles. The highest BCUT2D eigenvalue weighted by molar-refractivity contribution is 6.31. The van der Waals surface area contributed by atoms with Gasteiger partial charge in [-0.2, -0.15) is 0 Å². The van der Waals surface area contributed by atoms with Crippen molar-refractivity contribution in [1.82, 2.24) is 5.01 Å². The first kappa shape index (κ1) is 19.1. The lowest BCUT2D eigenvalue weighted by molar-refractivity contribution is -0.153. The minimum Gasteiger partial charge on any atom is -0.463 e. The smallest absolute Gasteiger partial charge is 0.412 e. The molecule has 0 radical (unpaired) electrons. The number of hydrogen-bond acceptors (Lipinski definition) is 6. The molecule has 1 amide bonds. The zero-order valence-corrected chi connectivity index (χ0v) is 13.2. The van der Waals surface area contributed by atoms with Crippen LogP contribution in [0.5, 0.6) is 0 Å². The number of halogens is 3. The van der Waals surface area contributed by atoms with E-state index >= 15 is 0 Å². The normalized spacial score (nSPS) is 12.0. The average molecular weight is 352 g/mol. The summed E-state index contributed by atoms with van der Waals surface area (Å²) >= 11 is 5.50. The van der Waals surface area contributed by atoms with Gasteiger partial charge < -0.3 is 9.47 Å². The molecule has 1 atom stereocenters. The SMILES string of the molecule is CCOC(=O)C(CN(C)N)OC(=O)Nc1c(F)ccc(Cl)c1F. The van der Waals surface area contributed by atoms with E-state index in [-0.39, 0.29) is 18.2 Å². The first-order valence-corrected chi connectivity index (χ1v) is 6.87. The number of likely N-dealkylation sites (N-methyl/N-ethyl adjacent to an activating group) is 1. The maximum absolute atomic E-state index is 13.7. The number of rotatable bonds is 6. The molecule has 0 bridgehead atoms. The molecule has 0 aliphatic carbocycles. The molecular weight excluding hydrogens is 336 g/mol. The summed E-state index contributed by atoms with van der Waals surface area (Å²) in [7, 11) is 1.43. The summed E-state index contributed by atoms with van der Waals surface area (Å²) in [4.78, 5) is 23.4. The van der Waals surface area contributed by atoms with Crippen molar-refractivity contribution >= 4 is 29.4 Å². The number of nitrogens with zero attached hydrogens (tertiary/aromatic N) is 1. The van der Waals surface area contributed by atoms with Crippen LogP contribution >= 0.6 is 11.6 Å². The summed E-state index contributed by atoms with van der Waals surface area (Å²) in [6, 6.07) is 1.87. The first-order valence-electron chi connectivity index (χ1n) is 6.49. The van der Waals surface area contributed by atoms with Crippen LogP contribution < -0.4 is 11.2 Å². The molecule has 7 nitrogen and oxygen atoms in total. The van der Waals surface area contributed by atoms with Crippen molar-refractivity contribution < 1.29 is 27.8 Å². The number of ether oxygens (including phenoxy) is 2. The zero-order chi connectivity index (χ0) is 17.6. The van der Waals surface area contributed by atoms with Gasteiger partial charge in [-0.3, -0.25) is 11.2 Å². The van der Waals surface area contributed by atoms with E-state index in [1.165, 1.54) is 7.05 Å². The van der Waals surface area contributed by atoms with Gasteiger partial charge in [0.15, 0.2) is 5.82 Å². The Labute approximate surface area is 136 Å². The monoisotopic (exact) mass is 351 g/mol. The van der Waals surface area contributed by atoms with E-state index in [4.69, 9.17) is 26.9 Å². The number of hydrogen-bond donors (Lipinski definition) is 2. The molecule has 0 saturated carbocycles. The van der Waals surface area contributed by atoms with Gasteiger partial charge in [0.05, 0.1) is 18.2 Å². The van der Waals surface area contributed by atoms with Gasteiger partial charge in [-0.15, -0.1) is 0 Å². The van der Waals surface area contributed by atoms with Gasteiger partial charge in [0.1, 0.15) is 11.5 Å². The highest BCUT2D eigenvalue weighted by atomic mass is 35.5. The van der Waals surface area contributed by atoms with Crippen LogP contribution in [-0.2, 0) is 14.3 Å². The number of nitrogens with one attached hydrogen (secondary N) is 1. The average Bonchev–Trinajstić information content (AvgIpc) is 2.47. The number of hydrazine groups is 1. The van der Waals surface area contributed by atoms with Crippen molar-refractivity contribution in [2.75, 3.05) is 25.5 Å². The molecule has 0 fully saturated rings. The van der Waals surface area contributed by atoms with Crippen LogP contribution in [0, 0.1) is 11.6 Å². The quantitative estimate of drug-likeness (QED) is 0.352. The second kappa shape index (κ2) is 8.61. The molecule has 0 aromatic heterocycles. The molecule has 0 saturated heterocycles. The van der Waals surface area contributed by atoms with E-state index < -0.39 is 35.5 Å². The molecule has 1 aromatic rings. The van der Waals surface area contributed by atoms with Crippen LogP contribution in [0.15, 0.2) is 12.1 Å². The van der Waals surface area contributed by atoms with Gasteiger partial charge in [-0.25, -0.2) is 23.4 Å². The number of carbonyl (C=O) groups excluding carboxylic acids is 2. The second-order valence-electron chi connectivity index (χ2n) is 4.43. The van der Waals surface area contributed by atoms with Gasteiger partial charge >= 0.3 is 12.1 Å². The molecule has 1 unspecified atom stereocenters. The van der Waals surface area contributed by atoms with Gasteiger partial charge in [-0.05, 0) is 19.1 Å². The maximum atomic E-state index is 13.7. The van der Waals surface area contributed by atoms with Crippen molar-refractivity contribution in [1.29, 1.82) is 0 Å². The molecule has 23 heavy (non-hydrogen) atoms. The number of carbonyl (C=O) groups is 2. The Hall–Kier alpha value is -1.97. The Bertz CT molecular complexity index is 587. The summed E-state index contributed by atoms with van der Waals surface area (Å²) < 4.78 is 36.8. The molecular formula is C13H16ClF2N3O4. The molecule has 1 rings (SSSR count). The van der Waals surface area contributed by atoms with Crippen molar-refractivity contribution in [3.05, 3.63) is 28.8 Å². The summed E-state index contributed by atoms with van der Waals surface area (Å²) in [6.07, 6.45) is -2.62. The number of benzene rings is 1. The molecule has 0 spiro atoms. The minimum atomic E-state index is -1.37. The third-order valence-electron chi connectivity index (χ3n) is 2.52. The third-order valence-corrected chi connectivity index (χ3v) is 2.82. The summed E-state index contributed by atoms with van der Waals surface area (Å²) in [5.41, 5.74) is -0.786. The van der Waals surface area contributed by atoms with Crippen LogP contribution in [-0.4, -0.2) is 43.4 Å². The highest BCUT2D eigenvalue weighted by Crippen LogP contribution is 2.25. The van der Waals surface area contributed by atoms with Crippen molar-refractivity contribution in [3.8, 4) is 0 Å². The maximum Gasteiger partial charge on any atom is 0.412 e. The molecule has 10 heteroatoms.